The average Bonchev–Trinajstić information content (AvgIpc) is 2.97. The van der Waals surface area contributed by atoms with Crippen LogP contribution < -0.4 is 16.0 Å². The summed E-state index contributed by atoms with van der Waals surface area (Å²) in [5, 5.41) is 0.463. The van der Waals surface area contributed by atoms with Gasteiger partial charge in [-0.3, -0.25) is 14.2 Å². The van der Waals surface area contributed by atoms with Crippen LogP contribution in [0.4, 0.5) is 4.39 Å². The van der Waals surface area contributed by atoms with Crippen molar-refractivity contribution in [3.8, 4) is 5.75 Å². The number of ether oxygens (including phenoxy) is 1. The Labute approximate surface area is 158 Å². The molecule has 2 aromatic carbocycles. The summed E-state index contributed by atoms with van der Waals surface area (Å²) in [5.41, 5.74) is 6.99. The maximum atomic E-state index is 13.7. The van der Waals surface area contributed by atoms with Crippen molar-refractivity contribution in [1.29, 1.82) is 0 Å². The maximum Gasteiger partial charge on any atom is 0.278 e. The Morgan fingerprint density at radius 2 is 1.96 bits per heavy atom. The molecule has 0 saturated carbocycles. The third-order valence-electron chi connectivity index (χ3n) is 4.61. The summed E-state index contributed by atoms with van der Waals surface area (Å²) in [6.45, 7) is 0.0906. The molecule has 2 N–H and O–H groups in total. The number of carbonyl (C=O) groups is 1. The Morgan fingerprint density at radius 1 is 1.21 bits per heavy atom. The molecule has 4 aromatic rings. The molecular formula is C20H17FN4O3. The number of nitrogens with two attached hydrogens (primary N) is 1. The zero-order valence-electron chi connectivity index (χ0n) is 15.1. The van der Waals surface area contributed by atoms with Crippen LogP contribution in [-0.2, 0) is 17.9 Å². The lowest BCUT2D eigenvalue weighted by Gasteiger charge is -2.08. The van der Waals surface area contributed by atoms with Gasteiger partial charge in [0.25, 0.3) is 5.56 Å². The van der Waals surface area contributed by atoms with Crippen LogP contribution in [0.2, 0.25) is 0 Å². The minimum absolute atomic E-state index is 0.199. The van der Waals surface area contributed by atoms with Gasteiger partial charge < -0.3 is 15.0 Å². The van der Waals surface area contributed by atoms with E-state index in [0.29, 0.717) is 22.2 Å². The molecule has 2 heterocycles. The molecule has 28 heavy (non-hydrogen) atoms. The summed E-state index contributed by atoms with van der Waals surface area (Å²) in [5.74, 6) is -0.337. The van der Waals surface area contributed by atoms with Gasteiger partial charge in [-0.05, 0) is 35.9 Å². The van der Waals surface area contributed by atoms with Crippen LogP contribution in [0, 0.1) is 5.82 Å². The number of hydrogen-bond donors (Lipinski definition) is 1. The first-order valence-corrected chi connectivity index (χ1v) is 8.56. The third-order valence-corrected chi connectivity index (χ3v) is 4.61. The first-order valence-electron chi connectivity index (χ1n) is 8.56. The van der Waals surface area contributed by atoms with Gasteiger partial charge in [0.15, 0.2) is 0 Å². The molecule has 0 fully saturated rings. The van der Waals surface area contributed by atoms with Crippen molar-refractivity contribution in [2.45, 2.75) is 13.1 Å². The second kappa shape index (κ2) is 6.80. The van der Waals surface area contributed by atoms with Crippen molar-refractivity contribution < 1.29 is 13.9 Å². The molecule has 0 saturated heterocycles. The van der Waals surface area contributed by atoms with E-state index in [9.17, 15) is 14.0 Å². The molecular weight excluding hydrogens is 363 g/mol. The van der Waals surface area contributed by atoms with Crippen LogP contribution in [0.5, 0.6) is 5.75 Å². The fourth-order valence-corrected chi connectivity index (χ4v) is 3.33. The summed E-state index contributed by atoms with van der Waals surface area (Å²) in [6, 6.07) is 11.4. The Kier molecular flexibility index (Phi) is 4.31. The average molecular weight is 380 g/mol. The minimum atomic E-state index is -0.604. The van der Waals surface area contributed by atoms with Gasteiger partial charge in [-0.25, -0.2) is 9.37 Å². The van der Waals surface area contributed by atoms with Gasteiger partial charge in [-0.15, -0.1) is 0 Å². The predicted octanol–water partition coefficient (Wildman–Crippen LogP) is 2.03. The van der Waals surface area contributed by atoms with Crippen LogP contribution in [0.3, 0.4) is 0 Å². The standard InChI is InChI=1S/C20H17FN4O3/c1-28-14-5-2-12(3-6-14)9-24-11-23-18-15-8-13(21)4-7-16(15)25(10-17(22)26)19(18)20(24)27/h2-8,11H,9-10H2,1H3,(H2,22,26). The molecule has 0 radical (unpaired) electrons. The molecule has 0 spiro atoms. The summed E-state index contributed by atoms with van der Waals surface area (Å²) < 4.78 is 21.8. The molecule has 8 heteroatoms. The second-order valence-corrected chi connectivity index (χ2v) is 6.44. The number of carbonyl (C=O) groups excluding carboxylic acids is 1. The summed E-state index contributed by atoms with van der Waals surface area (Å²) in [4.78, 5) is 29.1. The molecule has 142 valence electrons. The number of methoxy groups -OCH3 is 1. The summed E-state index contributed by atoms with van der Waals surface area (Å²) in [7, 11) is 1.58. The highest BCUT2D eigenvalue weighted by molar-refractivity contribution is 6.06. The zero-order valence-corrected chi connectivity index (χ0v) is 15.1. The predicted molar refractivity (Wildman–Crippen MR) is 103 cm³/mol. The lowest BCUT2D eigenvalue weighted by molar-refractivity contribution is -0.118. The van der Waals surface area contributed by atoms with Crippen LogP contribution >= 0.6 is 0 Å². The highest BCUT2D eigenvalue weighted by Gasteiger charge is 2.18. The molecule has 0 unspecified atom stereocenters. The normalized spacial score (nSPS) is 11.2. The van der Waals surface area contributed by atoms with Crippen molar-refractivity contribution in [2.24, 2.45) is 5.73 Å². The Morgan fingerprint density at radius 3 is 2.64 bits per heavy atom. The van der Waals surface area contributed by atoms with Gasteiger partial charge >= 0.3 is 0 Å². The molecule has 7 nitrogen and oxygen atoms in total. The molecule has 0 aliphatic heterocycles. The van der Waals surface area contributed by atoms with Gasteiger partial charge in [-0.2, -0.15) is 0 Å². The van der Waals surface area contributed by atoms with Crippen LogP contribution in [0.25, 0.3) is 21.9 Å². The molecule has 1 amide bonds. The van der Waals surface area contributed by atoms with Crippen molar-refractivity contribution in [3.05, 3.63) is 70.5 Å². The third kappa shape index (κ3) is 2.98. The highest BCUT2D eigenvalue weighted by atomic mass is 19.1. The lowest BCUT2D eigenvalue weighted by Crippen LogP contribution is -2.25. The van der Waals surface area contributed by atoms with Crippen molar-refractivity contribution in [1.82, 2.24) is 14.1 Å². The van der Waals surface area contributed by atoms with Gasteiger partial charge in [0.05, 0.1) is 25.5 Å². The first kappa shape index (κ1) is 17.7. The Balaban J connectivity index is 1.90. The minimum Gasteiger partial charge on any atom is -0.497 e. The Hall–Kier alpha value is -3.68. The number of aromatic nitrogens is 3. The second-order valence-electron chi connectivity index (χ2n) is 6.44. The molecule has 0 aliphatic rings. The van der Waals surface area contributed by atoms with E-state index in [-0.39, 0.29) is 24.2 Å². The number of amides is 1. The van der Waals surface area contributed by atoms with E-state index in [0.717, 1.165) is 5.56 Å². The van der Waals surface area contributed by atoms with E-state index in [1.165, 1.54) is 33.7 Å². The summed E-state index contributed by atoms with van der Waals surface area (Å²) >= 11 is 0. The number of hydrogen-bond acceptors (Lipinski definition) is 4. The topological polar surface area (TPSA) is 92.1 Å². The molecule has 0 atom stereocenters. The first-order chi connectivity index (χ1) is 13.5. The quantitative estimate of drug-likeness (QED) is 0.573. The Bertz CT molecular complexity index is 1260. The molecule has 2 aromatic heterocycles. The fraction of sp³-hybridized carbons (Fsp3) is 0.150. The number of nitrogens with zero attached hydrogens (tertiary/aromatic N) is 3. The SMILES string of the molecule is COc1ccc(Cn2cnc3c4cc(F)ccc4n(CC(N)=O)c3c2=O)cc1. The number of halogens is 1. The maximum absolute atomic E-state index is 13.7. The number of primary amides is 1. The van der Waals surface area contributed by atoms with Gasteiger partial charge in [-0.1, -0.05) is 12.1 Å². The smallest absolute Gasteiger partial charge is 0.278 e. The van der Waals surface area contributed by atoms with Crippen molar-refractivity contribution in [2.75, 3.05) is 7.11 Å². The van der Waals surface area contributed by atoms with Gasteiger partial charge in [0, 0.05) is 5.39 Å². The number of rotatable bonds is 5. The van der Waals surface area contributed by atoms with Gasteiger partial charge in [0.2, 0.25) is 5.91 Å². The van der Waals surface area contributed by atoms with Crippen LogP contribution in [0.1, 0.15) is 5.56 Å². The van der Waals surface area contributed by atoms with E-state index < -0.39 is 11.7 Å². The monoisotopic (exact) mass is 380 g/mol. The zero-order chi connectivity index (χ0) is 19.8. The van der Waals surface area contributed by atoms with Crippen LogP contribution in [-0.4, -0.2) is 27.1 Å². The fourth-order valence-electron chi connectivity index (χ4n) is 3.33. The van der Waals surface area contributed by atoms with Gasteiger partial charge in [0.1, 0.15) is 29.1 Å². The lowest BCUT2D eigenvalue weighted by atomic mass is 10.2. The number of benzene rings is 2. The van der Waals surface area contributed by atoms with E-state index >= 15 is 0 Å². The highest BCUT2D eigenvalue weighted by Crippen LogP contribution is 2.26. The summed E-state index contributed by atoms with van der Waals surface area (Å²) in [6.07, 6.45) is 1.42. The molecule has 0 bridgehead atoms. The van der Waals surface area contributed by atoms with E-state index in [1.807, 2.05) is 12.1 Å². The van der Waals surface area contributed by atoms with Crippen LogP contribution in [0.15, 0.2) is 53.6 Å². The van der Waals surface area contributed by atoms with E-state index in [4.69, 9.17) is 10.5 Å². The van der Waals surface area contributed by atoms with E-state index in [2.05, 4.69) is 4.98 Å². The molecule has 4 rings (SSSR count). The van der Waals surface area contributed by atoms with Crippen molar-refractivity contribution >= 4 is 27.8 Å². The van der Waals surface area contributed by atoms with Crippen molar-refractivity contribution in [3.63, 3.8) is 0 Å². The largest absolute Gasteiger partial charge is 0.497 e. The molecule has 0 aliphatic carbocycles. The van der Waals surface area contributed by atoms with E-state index in [1.54, 1.807) is 19.2 Å². The number of fused-ring (bicyclic) bond motifs is 3.